The average molecular weight is 382 g/mol. The van der Waals surface area contributed by atoms with Gasteiger partial charge in [0.15, 0.2) is 0 Å². The molecule has 0 spiro atoms. The molecule has 27 heavy (non-hydrogen) atoms. The molecule has 2 aromatic heterocycles. The number of anilines is 1. The van der Waals surface area contributed by atoms with Crippen LogP contribution in [0.4, 0.5) is 5.82 Å². The summed E-state index contributed by atoms with van der Waals surface area (Å²) in [6, 6.07) is 2.05. The molecule has 6 rings (SSSR count). The first-order valence-electron chi connectivity index (χ1n) is 9.79. The average Bonchev–Trinajstić information content (AvgIpc) is 3.46. The normalized spacial score (nSPS) is 34.2. The largest absolute Gasteiger partial charge is 0.366 e. The predicted molar refractivity (Wildman–Crippen MR) is 104 cm³/mol. The summed E-state index contributed by atoms with van der Waals surface area (Å²) in [7, 11) is 0. The number of thiophene rings is 1. The molecule has 3 saturated heterocycles. The number of fused-ring (bicyclic) bond motifs is 6. The van der Waals surface area contributed by atoms with Gasteiger partial charge in [0.1, 0.15) is 23.0 Å². The van der Waals surface area contributed by atoms with Crippen LogP contribution >= 0.6 is 11.3 Å². The fourth-order valence-corrected chi connectivity index (χ4v) is 6.23. The first kappa shape index (κ1) is 16.0. The molecule has 7 heteroatoms. The van der Waals surface area contributed by atoms with Crippen LogP contribution in [0.5, 0.6) is 0 Å². The molecule has 6 heterocycles. The van der Waals surface area contributed by atoms with Crippen LogP contribution in [0.2, 0.25) is 0 Å². The van der Waals surface area contributed by atoms with E-state index in [9.17, 15) is 4.79 Å². The van der Waals surface area contributed by atoms with Gasteiger partial charge in [-0.25, -0.2) is 9.97 Å². The monoisotopic (exact) mass is 382 g/mol. The zero-order chi connectivity index (χ0) is 18.1. The van der Waals surface area contributed by atoms with Crippen molar-refractivity contribution in [3.05, 3.63) is 29.4 Å². The van der Waals surface area contributed by atoms with Gasteiger partial charge in [0.2, 0.25) is 5.91 Å². The summed E-state index contributed by atoms with van der Waals surface area (Å²) in [5.41, 5.74) is 0. The number of ether oxygens (including phenoxy) is 1. The Labute approximate surface area is 161 Å². The number of hydrogen-bond donors (Lipinski definition) is 0. The molecule has 3 fully saturated rings. The Balaban J connectivity index is 1.28. The second kappa shape index (κ2) is 5.75. The van der Waals surface area contributed by atoms with E-state index in [-0.39, 0.29) is 24.2 Å². The van der Waals surface area contributed by atoms with Gasteiger partial charge in [0, 0.05) is 36.3 Å². The second-order valence-corrected chi connectivity index (χ2v) is 9.38. The Kier molecular flexibility index (Phi) is 3.41. The standard InChI is InChI=1S/C20H22N4O2S/c1-11-7-12-18(21-10-22-19(12)27-11)24-6-2-3-15(24)20(25)23-8-13-14(9-23)17-5-4-16(13)26-17/h4-5,7,10,13-17H,2-3,6,8-9H2,1H3. The van der Waals surface area contributed by atoms with Crippen molar-refractivity contribution in [2.75, 3.05) is 24.5 Å². The lowest BCUT2D eigenvalue weighted by Crippen LogP contribution is -2.46. The Morgan fingerprint density at radius 3 is 2.78 bits per heavy atom. The highest BCUT2D eigenvalue weighted by molar-refractivity contribution is 7.18. The van der Waals surface area contributed by atoms with E-state index in [0.717, 1.165) is 48.5 Å². The topological polar surface area (TPSA) is 58.6 Å². The van der Waals surface area contributed by atoms with Crippen molar-refractivity contribution in [3.8, 4) is 0 Å². The highest BCUT2D eigenvalue weighted by Crippen LogP contribution is 2.44. The summed E-state index contributed by atoms with van der Waals surface area (Å²) < 4.78 is 5.96. The van der Waals surface area contributed by atoms with Gasteiger partial charge in [0.05, 0.1) is 17.6 Å². The van der Waals surface area contributed by atoms with E-state index in [1.54, 1.807) is 17.7 Å². The number of rotatable bonds is 2. The van der Waals surface area contributed by atoms with Crippen LogP contribution in [0, 0.1) is 18.8 Å². The molecule has 0 radical (unpaired) electrons. The molecule has 140 valence electrons. The van der Waals surface area contributed by atoms with Crippen molar-refractivity contribution >= 4 is 33.3 Å². The fourth-order valence-electron chi connectivity index (χ4n) is 5.39. The van der Waals surface area contributed by atoms with E-state index in [4.69, 9.17) is 4.74 Å². The lowest BCUT2D eigenvalue weighted by Gasteiger charge is -2.29. The van der Waals surface area contributed by atoms with E-state index < -0.39 is 0 Å². The molecule has 0 N–H and O–H groups in total. The zero-order valence-corrected chi connectivity index (χ0v) is 16.1. The minimum atomic E-state index is -0.103. The minimum Gasteiger partial charge on any atom is -0.366 e. The van der Waals surface area contributed by atoms with E-state index in [2.05, 4.69) is 44.9 Å². The number of carbonyl (C=O) groups excluding carboxylic acids is 1. The van der Waals surface area contributed by atoms with Crippen LogP contribution in [0.1, 0.15) is 17.7 Å². The number of likely N-dealkylation sites (tertiary alicyclic amines) is 1. The van der Waals surface area contributed by atoms with Crippen molar-refractivity contribution in [2.45, 2.75) is 38.0 Å². The zero-order valence-electron chi connectivity index (χ0n) is 15.2. The predicted octanol–water partition coefficient (Wildman–Crippen LogP) is 2.38. The van der Waals surface area contributed by atoms with E-state index in [1.165, 1.54) is 4.88 Å². The van der Waals surface area contributed by atoms with Gasteiger partial charge in [-0.2, -0.15) is 0 Å². The van der Waals surface area contributed by atoms with Crippen molar-refractivity contribution in [2.24, 2.45) is 11.8 Å². The van der Waals surface area contributed by atoms with Crippen molar-refractivity contribution in [3.63, 3.8) is 0 Å². The molecule has 5 atom stereocenters. The smallest absolute Gasteiger partial charge is 0.245 e. The molecule has 5 unspecified atom stereocenters. The lowest BCUT2D eigenvalue weighted by molar-refractivity contribution is -0.132. The lowest BCUT2D eigenvalue weighted by atomic mass is 9.86. The Morgan fingerprint density at radius 1 is 1.22 bits per heavy atom. The molecule has 6 nitrogen and oxygen atoms in total. The summed E-state index contributed by atoms with van der Waals surface area (Å²) in [5, 5.41) is 1.08. The van der Waals surface area contributed by atoms with Crippen LogP contribution in [0.25, 0.3) is 10.2 Å². The summed E-state index contributed by atoms with van der Waals surface area (Å²) >= 11 is 1.68. The summed E-state index contributed by atoms with van der Waals surface area (Å²) in [4.78, 5) is 28.9. The number of aromatic nitrogens is 2. The van der Waals surface area contributed by atoms with Crippen LogP contribution in [-0.2, 0) is 9.53 Å². The summed E-state index contributed by atoms with van der Waals surface area (Å²) in [5.74, 6) is 2.14. The van der Waals surface area contributed by atoms with Crippen LogP contribution in [0.3, 0.4) is 0 Å². The van der Waals surface area contributed by atoms with E-state index in [1.807, 2.05) is 0 Å². The van der Waals surface area contributed by atoms with Crippen LogP contribution in [-0.4, -0.2) is 58.7 Å². The number of nitrogens with zero attached hydrogens (tertiary/aromatic N) is 4. The summed E-state index contributed by atoms with van der Waals surface area (Å²) in [6.07, 6.45) is 8.35. The SMILES string of the molecule is Cc1cc2c(N3CCCC3C(=O)N3CC4C5C=CC(O5)C4C3)ncnc2s1. The Hall–Kier alpha value is -1.99. The second-order valence-electron chi connectivity index (χ2n) is 8.15. The molecular weight excluding hydrogens is 360 g/mol. The molecule has 0 aromatic carbocycles. The molecule has 4 aliphatic rings. The number of aryl methyl sites for hydroxylation is 1. The molecule has 1 amide bonds. The maximum absolute atomic E-state index is 13.4. The first-order valence-corrected chi connectivity index (χ1v) is 10.6. The highest BCUT2D eigenvalue weighted by atomic mass is 32.1. The third kappa shape index (κ3) is 2.31. The van der Waals surface area contributed by atoms with Gasteiger partial charge in [-0.15, -0.1) is 11.3 Å². The molecule has 0 aliphatic carbocycles. The first-order chi connectivity index (χ1) is 13.2. The fraction of sp³-hybridized carbons (Fsp3) is 0.550. The molecule has 0 saturated carbocycles. The number of carbonyl (C=O) groups is 1. The van der Waals surface area contributed by atoms with Crippen LogP contribution in [0.15, 0.2) is 24.5 Å². The third-order valence-electron chi connectivity index (χ3n) is 6.61. The Bertz CT molecular complexity index is 937. The van der Waals surface area contributed by atoms with Crippen molar-refractivity contribution in [1.29, 1.82) is 0 Å². The van der Waals surface area contributed by atoms with E-state index >= 15 is 0 Å². The van der Waals surface area contributed by atoms with Gasteiger partial charge in [-0.1, -0.05) is 12.2 Å². The van der Waals surface area contributed by atoms with Gasteiger partial charge in [-0.3, -0.25) is 4.79 Å². The van der Waals surface area contributed by atoms with E-state index in [0.29, 0.717) is 11.8 Å². The Morgan fingerprint density at radius 2 is 2.00 bits per heavy atom. The molecule has 2 aromatic rings. The van der Waals surface area contributed by atoms with Gasteiger partial charge < -0.3 is 14.5 Å². The minimum absolute atomic E-state index is 0.103. The van der Waals surface area contributed by atoms with Crippen LogP contribution < -0.4 is 4.90 Å². The third-order valence-corrected chi connectivity index (χ3v) is 7.57. The van der Waals surface area contributed by atoms with Gasteiger partial charge in [0.25, 0.3) is 0 Å². The van der Waals surface area contributed by atoms with Crippen molar-refractivity contribution < 1.29 is 9.53 Å². The number of amides is 1. The quantitative estimate of drug-likeness (QED) is 0.747. The maximum atomic E-state index is 13.4. The molecule has 2 bridgehead atoms. The number of hydrogen-bond acceptors (Lipinski definition) is 6. The van der Waals surface area contributed by atoms with Gasteiger partial charge >= 0.3 is 0 Å². The highest BCUT2D eigenvalue weighted by Gasteiger charge is 2.52. The molecular formula is C20H22N4O2S. The summed E-state index contributed by atoms with van der Waals surface area (Å²) in [6.45, 7) is 4.64. The molecule has 4 aliphatic heterocycles. The van der Waals surface area contributed by atoms with Gasteiger partial charge in [-0.05, 0) is 25.8 Å². The maximum Gasteiger partial charge on any atom is 0.245 e. The van der Waals surface area contributed by atoms with Crippen molar-refractivity contribution in [1.82, 2.24) is 14.9 Å².